The second kappa shape index (κ2) is 8.40. The van der Waals surface area contributed by atoms with E-state index in [-0.39, 0.29) is 5.91 Å². The van der Waals surface area contributed by atoms with Gasteiger partial charge in [-0.05, 0) is 24.7 Å². The number of esters is 1. The minimum absolute atomic E-state index is 0.197. The molecule has 1 saturated carbocycles. The first-order chi connectivity index (χ1) is 9.86. The molecule has 21 heavy (non-hydrogen) atoms. The summed E-state index contributed by atoms with van der Waals surface area (Å²) in [4.78, 5) is 24.3. The maximum atomic E-state index is 12.3. The Morgan fingerprint density at radius 2 is 1.81 bits per heavy atom. The highest BCUT2D eigenvalue weighted by molar-refractivity contribution is 5.98. The average Bonchev–Trinajstić information content (AvgIpc) is 2.38. The van der Waals surface area contributed by atoms with Crippen molar-refractivity contribution in [3.8, 4) is 0 Å². The third kappa shape index (κ3) is 6.06. The van der Waals surface area contributed by atoms with Gasteiger partial charge in [0.2, 0.25) is 5.91 Å². The van der Waals surface area contributed by atoms with Gasteiger partial charge in [0.25, 0.3) is 0 Å². The van der Waals surface area contributed by atoms with Crippen LogP contribution in [0.2, 0.25) is 0 Å². The average molecular weight is 297 g/mol. The Morgan fingerprint density at radius 3 is 2.33 bits per heavy atom. The van der Waals surface area contributed by atoms with Gasteiger partial charge in [0.1, 0.15) is 5.92 Å². The Kier molecular flexibility index (Phi) is 7.20. The first-order valence-electron chi connectivity index (χ1n) is 8.30. The van der Waals surface area contributed by atoms with Crippen LogP contribution < -0.4 is 5.32 Å². The molecule has 0 aromatic heterocycles. The molecule has 0 heterocycles. The van der Waals surface area contributed by atoms with E-state index >= 15 is 0 Å². The summed E-state index contributed by atoms with van der Waals surface area (Å²) in [6.07, 6.45) is 7.54. The number of amides is 1. The number of hydrogen-bond donors (Lipinski definition) is 1. The van der Waals surface area contributed by atoms with E-state index in [9.17, 15) is 9.59 Å². The number of ether oxygens (including phenoxy) is 1. The van der Waals surface area contributed by atoms with Crippen molar-refractivity contribution in [2.24, 2.45) is 17.3 Å². The summed E-state index contributed by atoms with van der Waals surface area (Å²) >= 11 is 0. The molecule has 1 aliphatic carbocycles. The molecule has 1 aliphatic rings. The molecule has 1 amide bonds. The number of rotatable bonds is 6. The van der Waals surface area contributed by atoms with Crippen LogP contribution in [0.3, 0.4) is 0 Å². The summed E-state index contributed by atoms with van der Waals surface area (Å²) in [6, 6.07) is 0. The second-order valence-electron chi connectivity index (χ2n) is 7.13. The molecular formula is C17H31NO3. The summed E-state index contributed by atoms with van der Waals surface area (Å²) in [5.74, 6) is -0.615. The molecule has 4 nitrogen and oxygen atoms in total. The van der Waals surface area contributed by atoms with Gasteiger partial charge in [0.15, 0.2) is 0 Å². The maximum absolute atomic E-state index is 12.3. The lowest BCUT2D eigenvalue weighted by Crippen LogP contribution is -2.44. The van der Waals surface area contributed by atoms with E-state index < -0.39 is 17.3 Å². The monoisotopic (exact) mass is 297 g/mol. The summed E-state index contributed by atoms with van der Waals surface area (Å²) in [5, 5.41) is 2.94. The lowest BCUT2D eigenvalue weighted by atomic mass is 9.80. The normalized spacial score (nSPS) is 18.1. The van der Waals surface area contributed by atoms with Crippen LogP contribution in [0.5, 0.6) is 0 Å². The van der Waals surface area contributed by atoms with Crippen molar-refractivity contribution >= 4 is 11.9 Å². The fourth-order valence-corrected chi connectivity index (χ4v) is 3.06. The molecule has 1 N–H and O–H groups in total. The van der Waals surface area contributed by atoms with Crippen molar-refractivity contribution in [1.82, 2.24) is 5.32 Å². The molecule has 1 fully saturated rings. The van der Waals surface area contributed by atoms with Gasteiger partial charge in [-0.1, -0.05) is 52.9 Å². The van der Waals surface area contributed by atoms with E-state index in [1.807, 2.05) is 20.8 Å². The molecule has 0 aliphatic heterocycles. The molecule has 1 unspecified atom stereocenters. The zero-order valence-electron chi connectivity index (χ0n) is 14.0. The van der Waals surface area contributed by atoms with Crippen LogP contribution in [0.15, 0.2) is 0 Å². The minimum Gasteiger partial charge on any atom is -0.465 e. The minimum atomic E-state index is -0.733. The van der Waals surface area contributed by atoms with E-state index in [4.69, 9.17) is 4.74 Å². The van der Waals surface area contributed by atoms with Crippen molar-refractivity contribution in [2.75, 3.05) is 13.2 Å². The molecule has 0 radical (unpaired) electrons. The Morgan fingerprint density at radius 1 is 1.19 bits per heavy atom. The fourth-order valence-electron chi connectivity index (χ4n) is 3.06. The van der Waals surface area contributed by atoms with Gasteiger partial charge < -0.3 is 10.1 Å². The standard InChI is InChI=1S/C17H31NO3/c1-5-21-16(20)14(17(2,3)4)15(19)18-12-11-13-9-7-6-8-10-13/h13-14H,5-12H2,1-4H3,(H,18,19). The van der Waals surface area contributed by atoms with E-state index in [1.165, 1.54) is 32.1 Å². The Bertz CT molecular complexity index is 340. The third-order valence-electron chi connectivity index (χ3n) is 4.23. The van der Waals surface area contributed by atoms with E-state index in [0.717, 1.165) is 12.3 Å². The molecule has 0 spiro atoms. The van der Waals surface area contributed by atoms with Gasteiger partial charge in [-0.25, -0.2) is 0 Å². The Labute approximate surface area is 129 Å². The molecule has 0 saturated heterocycles. The van der Waals surface area contributed by atoms with Crippen LogP contribution >= 0.6 is 0 Å². The van der Waals surface area contributed by atoms with Crippen molar-refractivity contribution in [3.63, 3.8) is 0 Å². The third-order valence-corrected chi connectivity index (χ3v) is 4.23. The van der Waals surface area contributed by atoms with Crippen LogP contribution in [0, 0.1) is 17.3 Å². The highest BCUT2D eigenvalue weighted by Crippen LogP contribution is 2.28. The zero-order valence-corrected chi connectivity index (χ0v) is 14.0. The maximum Gasteiger partial charge on any atom is 0.319 e. The summed E-state index contributed by atoms with van der Waals surface area (Å²) < 4.78 is 5.05. The highest BCUT2D eigenvalue weighted by atomic mass is 16.5. The van der Waals surface area contributed by atoms with Gasteiger partial charge in [-0.3, -0.25) is 9.59 Å². The highest BCUT2D eigenvalue weighted by Gasteiger charge is 2.38. The Balaban J connectivity index is 2.46. The van der Waals surface area contributed by atoms with Gasteiger partial charge >= 0.3 is 5.97 Å². The largest absolute Gasteiger partial charge is 0.465 e. The number of hydrogen-bond acceptors (Lipinski definition) is 3. The van der Waals surface area contributed by atoms with Gasteiger partial charge in [0.05, 0.1) is 6.61 Å². The van der Waals surface area contributed by atoms with Crippen molar-refractivity contribution < 1.29 is 14.3 Å². The van der Waals surface area contributed by atoms with Crippen molar-refractivity contribution in [2.45, 2.75) is 66.2 Å². The quantitative estimate of drug-likeness (QED) is 0.604. The first-order valence-corrected chi connectivity index (χ1v) is 8.30. The zero-order chi connectivity index (χ0) is 15.9. The van der Waals surface area contributed by atoms with Crippen LogP contribution in [-0.2, 0) is 14.3 Å². The smallest absolute Gasteiger partial charge is 0.319 e. The Hall–Kier alpha value is -1.06. The van der Waals surface area contributed by atoms with Gasteiger partial charge in [-0.15, -0.1) is 0 Å². The van der Waals surface area contributed by atoms with Gasteiger partial charge in [0, 0.05) is 6.54 Å². The molecule has 1 atom stereocenters. The number of carbonyl (C=O) groups is 2. The lowest BCUT2D eigenvalue weighted by Gasteiger charge is -2.28. The molecule has 0 bridgehead atoms. The van der Waals surface area contributed by atoms with Crippen LogP contribution in [-0.4, -0.2) is 25.0 Å². The van der Waals surface area contributed by atoms with Crippen LogP contribution in [0.4, 0.5) is 0 Å². The number of carbonyl (C=O) groups excluding carboxylic acids is 2. The molecule has 0 aromatic rings. The second-order valence-corrected chi connectivity index (χ2v) is 7.13. The van der Waals surface area contributed by atoms with E-state index in [1.54, 1.807) is 6.92 Å². The molecule has 0 aromatic carbocycles. The lowest BCUT2D eigenvalue weighted by molar-refractivity contribution is -0.156. The molecule has 122 valence electrons. The fraction of sp³-hybridized carbons (Fsp3) is 0.882. The predicted octanol–water partition coefficient (Wildman–Crippen LogP) is 3.30. The predicted molar refractivity (Wildman–Crippen MR) is 83.8 cm³/mol. The SMILES string of the molecule is CCOC(=O)C(C(=O)NCCC1CCCCC1)C(C)(C)C. The molecular weight excluding hydrogens is 266 g/mol. The molecule has 4 heteroatoms. The van der Waals surface area contributed by atoms with E-state index in [0.29, 0.717) is 13.2 Å². The summed E-state index contributed by atoms with van der Waals surface area (Å²) in [6.45, 7) is 8.43. The van der Waals surface area contributed by atoms with E-state index in [2.05, 4.69) is 5.32 Å². The van der Waals surface area contributed by atoms with Crippen LogP contribution in [0.25, 0.3) is 0 Å². The van der Waals surface area contributed by atoms with Crippen molar-refractivity contribution in [1.29, 1.82) is 0 Å². The summed E-state index contributed by atoms with van der Waals surface area (Å²) in [5.41, 5.74) is -0.429. The first kappa shape index (κ1) is 18.0. The molecule has 1 rings (SSSR count). The van der Waals surface area contributed by atoms with Gasteiger partial charge in [-0.2, -0.15) is 0 Å². The summed E-state index contributed by atoms with van der Waals surface area (Å²) in [7, 11) is 0. The van der Waals surface area contributed by atoms with Crippen LogP contribution in [0.1, 0.15) is 66.2 Å². The van der Waals surface area contributed by atoms with Crippen molar-refractivity contribution in [3.05, 3.63) is 0 Å². The number of nitrogens with one attached hydrogen (secondary N) is 1. The topological polar surface area (TPSA) is 55.4 Å².